The molecule has 3 N–H and O–H groups in total. The van der Waals surface area contributed by atoms with Gasteiger partial charge in [0, 0.05) is 111 Å². The largest absolute Gasteiger partial charge is 0.491 e. The Labute approximate surface area is 482 Å². The topological polar surface area (TPSA) is 228 Å². The van der Waals surface area contributed by atoms with Crippen molar-refractivity contribution < 1.29 is 46.6 Å². The predicted octanol–water partition coefficient (Wildman–Crippen LogP) is 8.17. The van der Waals surface area contributed by atoms with Crippen molar-refractivity contribution in [3.05, 3.63) is 118 Å². The normalized spacial score (nSPS) is 24.7. The molecular weight excluding hydrogens is 1080 g/mol. The number of carbonyl (C=O) groups is 1. The molecule has 1 saturated carbocycles. The van der Waals surface area contributed by atoms with Crippen LogP contribution >= 0.6 is 0 Å². The second-order valence-electron chi connectivity index (χ2n) is 24.0. The number of ether oxygens (including phenoxy) is 6. The molecule has 14 rings (SSSR count). The van der Waals surface area contributed by atoms with Crippen LogP contribution in [-0.2, 0) is 25.9 Å². The van der Waals surface area contributed by atoms with E-state index < -0.39 is 37.5 Å². The minimum Gasteiger partial charge on any atom is -0.491 e. The molecule has 3 aromatic heterocycles. The first kappa shape index (κ1) is 53.7. The Morgan fingerprint density at radius 3 is 2.54 bits per heavy atom. The number of hydrogen-bond acceptors (Lipinski definition) is 18. The number of piperidine rings is 1. The third-order valence-corrected chi connectivity index (χ3v) is 20.1. The molecule has 0 unspecified atom stereocenters. The Kier molecular flexibility index (Phi) is 14.1. The molecule has 0 bridgehead atoms. The molecule has 83 heavy (non-hydrogen) atoms. The third kappa shape index (κ3) is 10.2. The number of nitro benzene ring substituents is 1. The number of nitrogens with one attached hydrogen (secondary N) is 3. The monoisotopic (exact) mass is 1150 g/mol. The minimum absolute atomic E-state index is 0.0243. The molecule has 4 saturated heterocycles. The standard InChI is InChI=1S/C61H70N10O11S/c1-37(2)81-53-8-4-3-7-45(53)52-33-68(42-26-40-6-5-17-63-59(40)80-34-42)21-22-69(52)43-31-61(32-43)15-19-67(20-16-61)41-9-10-46(49(28-41)70-48-14-25-78-36-55(48)82-60-51(70)27-39-11-18-62-57(39)65-60)58(72)66-83(75,76)44-29-50(71(73)74)56-54(30-44)79-35-47(64-56)38-12-23-77-24-13-38/h3-11,17-18,27-30,37-38,42-43,47-48,52,55,64H,12-16,19-26,31-36H2,1-2H3,(H,62,65)(H,66,72)/t42-,47+,48+,52+,55+/m1/s1. The van der Waals surface area contributed by atoms with Gasteiger partial charge in [0.25, 0.3) is 21.6 Å². The smallest absolute Gasteiger partial charge is 0.297 e. The van der Waals surface area contributed by atoms with Gasteiger partial charge in [0.05, 0.1) is 51.9 Å². The van der Waals surface area contributed by atoms with E-state index in [2.05, 4.69) is 83.8 Å². The lowest BCUT2D eigenvalue weighted by molar-refractivity contribution is -0.384. The van der Waals surface area contributed by atoms with Gasteiger partial charge in [-0.25, -0.2) is 18.1 Å². The van der Waals surface area contributed by atoms with Gasteiger partial charge in [-0.3, -0.25) is 24.7 Å². The van der Waals surface area contributed by atoms with Crippen LogP contribution in [0.25, 0.3) is 11.0 Å². The Bertz CT molecular complexity index is 3560. The van der Waals surface area contributed by atoms with Crippen LogP contribution in [0.3, 0.4) is 0 Å². The van der Waals surface area contributed by atoms with E-state index in [1.54, 1.807) is 12.3 Å². The number of amides is 1. The summed E-state index contributed by atoms with van der Waals surface area (Å²) in [6.45, 7) is 11.2. The van der Waals surface area contributed by atoms with Crippen molar-refractivity contribution in [2.45, 2.75) is 113 Å². The fourth-order valence-electron chi connectivity index (χ4n) is 14.4. The van der Waals surface area contributed by atoms with Gasteiger partial charge in [-0.1, -0.05) is 24.3 Å². The highest BCUT2D eigenvalue weighted by molar-refractivity contribution is 7.90. The molecule has 436 valence electrons. The van der Waals surface area contributed by atoms with Crippen molar-refractivity contribution in [3.63, 3.8) is 0 Å². The van der Waals surface area contributed by atoms with Crippen molar-refractivity contribution >= 4 is 55.4 Å². The van der Waals surface area contributed by atoms with E-state index in [-0.39, 0.29) is 71.8 Å². The number of anilines is 4. The maximum Gasteiger partial charge on any atom is 0.297 e. The van der Waals surface area contributed by atoms with Gasteiger partial charge in [-0.15, -0.1) is 0 Å². The summed E-state index contributed by atoms with van der Waals surface area (Å²) in [5, 5.41) is 16.7. The number of sulfonamides is 1. The van der Waals surface area contributed by atoms with E-state index in [9.17, 15) is 23.3 Å². The van der Waals surface area contributed by atoms with E-state index in [0.29, 0.717) is 61.8 Å². The summed E-state index contributed by atoms with van der Waals surface area (Å²) in [6, 6.07) is 24.7. The first-order chi connectivity index (χ1) is 40.3. The SMILES string of the molecule is CC(C)Oc1ccccc1[C@@H]1CN([C@H]2COc3ncccc3C2)CCN1C1CC2(CCN(c3ccc(C(=O)NS(=O)(=O)c4cc5c(c([N+](=O)[O-])c4)N[C@H](C4CCOCC4)CO5)c(N4c5cc6cc[nH]c6nc5O[C@H]5COCC[C@@H]54)c3)CC2)C1. The number of para-hydroxylation sites is 1. The molecule has 21 nitrogen and oxygen atoms in total. The molecule has 5 atom stereocenters. The second-order valence-corrected chi connectivity index (χ2v) is 25.7. The minimum atomic E-state index is -4.72. The lowest BCUT2D eigenvalue weighted by Crippen LogP contribution is -2.61. The number of rotatable bonds is 12. The first-order valence-corrected chi connectivity index (χ1v) is 30.9. The maximum atomic E-state index is 15.0. The van der Waals surface area contributed by atoms with Gasteiger partial charge in [-0.05, 0) is 119 Å². The van der Waals surface area contributed by atoms with Crippen LogP contribution in [0.15, 0.2) is 96.2 Å². The first-order valence-electron chi connectivity index (χ1n) is 29.4. The number of carbonyl (C=O) groups excluding carboxylic acids is 1. The van der Waals surface area contributed by atoms with Crippen LogP contribution in [0.5, 0.6) is 23.3 Å². The number of hydrogen-bond donors (Lipinski definition) is 3. The summed E-state index contributed by atoms with van der Waals surface area (Å²) < 4.78 is 68.1. The van der Waals surface area contributed by atoms with E-state index in [1.165, 1.54) is 11.6 Å². The fourth-order valence-corrected chi connectivity index (χ4v) is 15.4. The van der Waals surface area contributed by atoms with Crippen molar-refractivity contribution in [1.82, 2.24) is 29.5 Å². The van der Waals surface area contributed by atoms with E-state index in [1.807, 2.05) is 36.5 Å². The maximum absolute atomic E-state index is 15.0. The second kappa shape index (κ2) is 21.7. The number of aromatic amines is 1. The number of pyridine rings is 2. The van der Waals surface area contributed by atoms with Gasteiger partial charge in [0.2, 0.25) is 11.8 Å². The van der Waals surface area contributed by atoms with Crippen LogP contribution in [0.2, 0.25) is 0 Å². The molecule has 1 spiro atoms. The molecule has 8 aliphatic rings. The number of H-pyrrole nitrogens is 1. The number of nitrogens with zero attached hydrogens (tertiary/aromatic N) is 7. The van der Waals surface area contributed by atoms with Gasteiger partial charge >= 0.3 is 0 Å². The summed E-state index contributed by atoms with van der Waals surface area (Å²) in [5.74, 6) is 1.33. The molecule has 6 aromatic rings. The number of fused-ring (bicyclic) bond motifs is 5. The molecule has 1 amide bonds. The quantitative estimate of drug-likeness (QED) is 0.0775. The van der Waals surface area contributed by atoms with Gasteiger partial charge in [0.15, 0.2) is 11.4 Å². The molecule has 0 radical (unpaired) electrons. The van der Waals surface area contributed by atoms with Crippen molar-refractivity contribution in [2.75, 3.05) is 87.5 Å². The molecule has 1 aliphatic carbocycles. The van der Waals surface area contributed by atoms with Gasteiger partial charge in [0.1, 0.15) is 36.4 Å². The average molecular weight is 1150 g/mol. The Hall–Kier alpha value is -7.24. The van der Waals surface area contributed by atoms with Crippen molar-refractivity contribution in [3.8, 4) is 23.3 Å². The molecule has 5 fully saturated rings. The Balaban J connectivity index is 0.735. The molecule has 3 aromatic carbocycles. The number of benzene rings is 3. The number of nitro groups is 1. The van der Waals surface area contributed by atoms with Gasteiger partial charge in [-0.2, -0.15) is 4.98 Å². The lowest BCUT2D eigenvalue weighted by atomic mass is 9.59. The average Bonchev–Trinajstić information content (AvgIpc) is 4.07. The van der Waals surface area contributed by atoms with Crippen LogP contribution in [-0.4, -0.2) is 153 Å². The molecule has 10 heterocycles. The van der Waals surface area contributed by atoms with E-state index >= 15 is 0 Å². The zero-order valence-electron chi connectivity index (χ0n) is 46.7. The Morgan fingerprint density at radius 2 is 1.71 bits per heavy atom. The van der Waals surface area contributed by atoms with Crippen LogP contribution in [0.4, 0.5) is 28.4 Å². The highest BCUT2D eigenvalue weighted by atomic mass is 32.2. The predicted molar refractivity (Wildman–Crippen MR) is 310 cm³/mol. The summed E-state index contributed by atoms with van der Waals surface area (Å²) in [4.78, 5) is 48.9. The summed E-state index contributed by atoms with van der Waals surface area (Å²) in [6.07, 6.45) is 10.4. The van der Waals surface area contributed by atoms with Gasteiger partial charge < -0.3 is 48.5 Å². The lowest BCUT2D eigenvalue weighted by Gasteiger charge is -2.58. The third-order valence-electron chi connectivity index (χ3n) is 18.8. The van der Waals surface area contributed by atoms with Crippen molar-refractivity contribution in [1.29, 1.82) is 0 Å². The zero-order chi connectivity index (χ0) is 56.6. The van der Waals surface area contributed by atoms with E-state index in [0.717, 1.165) is 112 Å². The van der Waals surface area contributed by atoms with Crippen molar-refractivity contribution in [2.24, 2.45) is 11.3 Å². The number of aromatic nitrogens is 3. The molecular formula is C61H70N10O11S. The zero-order valence-corrected chi connectivity index (χ0v) is 47.6. The molecule has 22 heteroatoms. The van der Waals surface area contributed by atoms with Crippen LogP contribution in [0.1, 0.15) is 86.3 Å². The summed E-state index contributed by atoms with van der Waals surface area (Å²) in [7, 11) is -4.72. The van der Waals surface area contributed by atoms with E-state index in [4.69, 9.17) is 33.4 Å². The Morgan fingerprint density at radius 1 is 0.880 bits per heavy atom. The number of piperazine rings is 1. The summed E-state index contributed by atoms with van der Waals surface area (Å²) in [5.41, 5.74) is 4.94. The summed E-state index contributed by atoms with van der Waals surface area (Å²) >= 11 is 0. The highest BCUT2D eigenvalue weighted by Gasteiger charge is 2.51. The van der Waals surface area contributed by atoms with Crippen LogP contribution in [0, 0.1) is 21.4 Å². The molecule has 7 aliphatic heterocycles. The van der Waals surface area contributed by atoms with Crippen LogP contribution < -0.4 is 38.8 Å². The highest BCUT2D eigenvalue weighted by Crippen LogP contribution is 2.54. The fraction of sp³-hybridized carbons (Fsp3) is 0.492.